The quantitative estimate of drug-likeness (QED) is 0.872. The van der Waals surface area contributed by atoms with Gasteiger partial charge in [-0.2, -0.15) is 0 Å². The monoisotopic (exact) mass is 288 g/mol. The van der Waals surface area contributed by atoms with Gasteiger partial charge in [-0.1, -0.05) is 38.1 Å². The van der Waals surface area contributed by atoms with E-state index in [9.17, 15) is 4.79 Å². The SMILES string of the molecule is CCCN(C(=O)CC(C)c1ccccc1C)C1CCNC1. The molecule has 1 fully saturated rings. The Morgan fingerprint density at radius 2 is 2.19 bits per heavy atom. The Labute approximate surface area is 128 Å². The van der Waals surface area contributed by atoms with Crippen LogP contribution in [0.15, 0.2) is 24.3 Å². The van der Waals surface area contributed by atoms with E-state index < -0.39 is 0 Å². The molecule has 0 aliphatic carbocycles. The van der Waals surface area contributed by atoms with Gasteiger partial charge in [0.05, 0.1) is 0 Å². The van der Waals surface area contributed by atoms with Crippen molar-refractivity contribution in [2.75, 3.05) is 19.6 Å². The molecule has 2 rings (SSSR count). The molecule has 0 bridgehead atoms. The van der Waals surface area contributed by atoms with Crippen molar-refractivity contribution in [2.24, 2.45) is 0 Å². The molecule has 3 nitrogen and oxygen atoms in total. The number of nitrogens with one attached hydrogen (secondary N) is 1. The molecule has 0 saturated carbocycles. The normalized spacial score (nSPS) is 19.5. The molecular weight excluding hydrogens is 260 g/mol. The molecule has 1 aliphatic rings. The van der Waals surface area contributed by atoms with Gasteiger partial charge in [0.1, 0.15) is 0 Å². The average Bonchev–Trinajstić information content (AvgIpc) is 2.98. The number of carbonyl (C=O) groups excluding carboxylic acids is 1. The van der Waals surface area contributed by atoms with Crippen molar-refractivity contribution in [1.82, 2.24) is 10.2 Å². The van der Waals surface area contributed by atoms with Gasteiger partial charge < -0.3 is 10.2 Å². The summed E-state index contributed by atoms with van der Waals surface area (Å²) < 4.78 is 0. The van der Waals surface area contributed by atoms with Crippen LogP contribution >= 0.6 is 0 Å². The topological polar surface area (TPSA) is 32.3 Å². The van der Waals surface area contributed by atoms with Crippen molar-refractivity contribution in [3.63, 3.8) is 0 Å². The van der Waals surface area contributed by atoms with E-state index in [2.05, 4.69) is 55.3 Å². The number of amides is 1. The van der Waals surface area contributed by atoms with Crippen LogP contribution in [-0.2, 0) is 4.79 Å². The Bertz CT molecular complexity index is 466. The number of benzene rings is 1. The van der Waals surface area contributed by atoms with E-state index in [1.54, 1.807) is 0 Å². The fourth-order valence-electron chi connectivity index (χ4n) is 3.29. The molecule has 2 atom stereocenters. The molecule has 3 heteroatoms. The van der Waals surface area contributed by atoms with Crippen molar-refractivity contribution in [1.29, 1.82) is 0 Å². The Kier molecular flexibility index (Phi) is 5.80. The summed E-state index contributed by atoms with van der Waals surface area (Å²) in [6, 6.07) is 8.78. The number of nitrogens with zero attached hydrogens (tertiary/aromatic N) is 1. The summed E-state index contributed by atoms with van der Waals surface area (Å²) in [4.78, 5) is 14.8. The highest BCUT2D eigenvalue weighted by Gasteiger charge is 2.27. The van der Waals surface area contributed by atoms with Gasteiger partial charge in [0.25, 0.3) is 0 Å². The molecule has 1 aromatic rings. The second-order valence-corrected chi connectivity index (χ2v) is 6.20. The van der Waals surface area contributed by atoms with E-state index in [0.717, 1.165) is 32.5 Å². The largest absolute Gasteiger partial charge is 0.338 e. The van der Waals surface area contributed by atoms with Crippen molar-refractivity contribution in [3.8, 4) is 0 Å². The van der Waals surface area contributed by atoms with E-state index in [1.165, 1.54) is 11.1 Å². The molecule has 1 aromatic carbocycles. The standard InChI is InChI=1S/C18H28N2O/c1-4-11-20(16-9-10-19-13-16)18(21)12-15(3)17-8-6-5-7-14(17)2/h5-8,15-16,19H,4,9-13H2,1-3H3. The highest BCUT2D eigenvalue weighted by atomic mass is 16.2. The molecule has 1 aliphatic heterocycles. The number of hydrogen-bond donors (Lipinski definition) is 1. The van der Waals surface area contributed by atoms with Crippen molar-refractivity contribution < 1.29 is 4.79 Å². The van der Waals surface area contributed by atoms with Crippen LogP contribution in [0.3, 0.4) is 0 Å². The van der Waals surface area contributed by atoms with Gasteiger partial charge in [-0.15, -0.1) is 0 Å². The van der Waals surface area contributed by atoms with Crippen molar-refractivity contribution in [2.45, 2.75) is 52.0 Å². The van der Waals surface area contributed by atoms with Crippen molar-refractivity contribution >= 4 is 5.91 Å². The zero-order valence-electron chi connectivity index (χ0n) is 13.6. The van der Waals surface area contributed by atoms with E-state index >= 15 is 0 Å². The van der Waals surface area contributed by atoms with Crippen molar-refractivity contribution in [3.05, 3.63) is 35.4 Å². The van der Waals surface area contributed by atoms with Crippen LogP contribution in [0, 0.1) is 6.92 Å². The Morgan fingerprint density at radius 1 is 1.43 bits per heavy atom. The van der Waals surface area contributed by atoms with Crippen LogP contribution < -0.4 is 5.32 Å². The second kappa shape index (κ2) is 7.60. The van der Waals surface area contributed by atoms with Crippen LogP contribution in [-0.4, -0.2) is 36.5 Å². The van der Waals surface area contributed by atoms with Gasteiger partial charge >= 0.3 is 0 Å². The van der Waals surface area contributed by atoms with Gasteiger partial charge in [0.2, 0.25) is 5.91 Å². The molecule has 2 unspecified atom stereocenters. The molecule has 1 N–H and O–H groups in total. The Balaban J connectivity index is 2.02. The lowest BCUT2D eigenvalue weighted by molar-refractivity contribution is -0.133. The van der Waals surface area contributed by atoms with Gasteiger partial charge in [0, 0.05) is 25.6 Å². The van der Waals surface area contributed by atoms with Gasteiger partial charge in [0.15, 0.2) is 0 Å². The van der Waals surface area contributed by atoms with E-state index in [0.29, 0.717) is 18.4 Å². The minimum Gasteiger partial charge on any atom is -0.338 e. The predicted octanol–water partition coefficient (Wildman–Crippen LogP) is 3.09. The molecule has 21 heavy (non-hydrogen) atoms. The fourth-order valence-corrected chi connectivity index (χ4v) is 3.29. The first-order chi connectivity index (χ1) is 10.1. The Morgan fingerprint density at radius 3 is 2.81 bits per heavy atom. The van der Waals surface area contributed by atoms with Gasteiger partial charge in [-0.3, -0.25) is 4.79 Å². The summed E-state index contributed by atoms with van der Waals surface area (Å²) >= 11 is 0. The zero-order valence-corrected chi connectivity index (χ0v) is 13.6. The van der Waals surface area contributed by atoms with E-state index in [-0.39, 0.29) is 5.92 Å². The highest BCUT2D eigenvalue weighted by Crippen LogP contribution is 2.24. The number of hydrogen-bond acceptors (Lipinski definition) is 2. The molecule has 0 spiro atoms. The van der Waals surface area contributed by atoms with Crippen LogP contribution in [0.2, 0.25) is 0 Å². The lowest BCUT2D eigenvalue weighted by Gasteiger charge is -2.29. The summed E-state index contributed by atoms with van der Waals surface area (Å²) in [6.45, 7) is 9.30. The third-order valence-corrected chi connectivity index (χ3v) is 4.46. The summed E-state index contributed by atoms with van der Waals surface area (Å²) in [6.07, 6.45) is 2.73. The molecule has 1 saturated heterocycles. The number of carbonyl (C=O) groups is 1. The molecule has 116 valence electrons. The third kappa shape index (κ3) is 4.07. The van der Waals surface area contributed by atoms with E-state index in [1.807, 2.05) is 0 Å². The lowest BCUT2D eigenvalue weighted by atomic mass is 9.93. The minimum atomic E-state index is 0.285. The lowest BCUT2D eigenvalue weighted by Crippen LogP contribution is -2.42. The summed E-state index contributed by atoms with van der Waals surface area (Å²) in [5, 5.41) is 3.37. The van der Waals surface area contributed by atoms with Gasteiger partial charge in [-0.25, -0.2) is 0 Å². The van der Waals surface area contributed by atoms with Crippen LogP contribution in [0.4, 0.5) is 0 Å². The molecule has 0 aromatic heterocycles. The maximum absolute atomic E-state index is 12.7. The second-order valence-electron chi connectivity index (χ2n) is 6.20. The molecule has 1 heterocycles. The first-order valence-corrected chi connectivity index (χ1v) is 8.19. The van der Waals surface area contributed by atoms with Gasteiger partial charge in [-0.05, 0) is 43.4 Å². The maximum atomic E-state index is 12.7. The number of rotatable bonds is 6. The molecule has 0 radical (unpaired) electrons. The first-order valence-electron chi connectivity index (χ1n) is 8.19. The molecular formula is C18H28N2O. The third-order valence-electron chi connectivity index (χ3n) is 4.46. The predicted molar refractivity (Wildman–Crippen MR) is 87.5 cm³/mol. The zero-order chi connectivity index (χ0) is 15.2. The van der Waals surface area contributed by atoms with Crippen LogP contribution in [0.5, 0.6) is 0 Å². The first kappa shape index (κ1) is 16.0. The summed E-state index contributed by atoms with van der Waals surface area (Å²) in [7, 11) is 0. The maximum Gasteiger partial charge on any atom is 0.223 e. The smallest absolute Gasteiger partial charge is 0.223 e. The van der Waals surface area contributed by atoms with Crippen LogP contribution in [0.25, 0.3) is 0 Å². The van der Waals surface area contributed by atoms with Crippen LogP contribution in [0.1, 0.15) is 50.2 Å². The summed E-state index contributed by atoms with van der Waals surface area (Å²) in [5.74, 6) is 0.591. The fraction of sp³-hybridized carbons (Fsp3) is 0.611. The highest BCUT2D eigenvalue weighted by molar-refractivity contribution is 5.77. The number of aryl methyl sites for hydroxylation is 1. The minimum absolute atomic E-state index is 0.285. The Hall–Kier alpha value is -1.35. The van der Waals surface area contributed by atoms with E-state index in [4.69, 9.17) is 0 Å². The summed E-state index contributed by atoms with van der Waals surface area (Å²) in [5.41, 5.74) is 2.58. The molecule has 1 amide bonds. The average molecular weight is 288 g/mol.